The molecule has 2 N–H and O–H groups in total. The minimum absolute atomic E-state index is 0.152. The number of carbonyl (C=O) groups excluding carboxylic acids is 3. The first kappa shape index (κ1) is 25.3. The molecular formula is C26H21Cl2N3O5S. The van der Waals surface area contributed by atoms with Crippen LogP contribution in [-0.4, -0.2) is 33.5 Å². The number of anilines is 1. The molecule has 1 saturated heterocycles. The van der Waals surface area contributed by atoms with E-state index in [-0.39, 0.29) is 21.3 Å². The summed E-state index contributed by atoms with van der Waals surface area (Å²) in [6.07, 6.45) is 4.98. The number of nitrogens with one attached hydrogen (secondary N) is 1. The summed E-state index contributed by atoms with van der Waals surface area (Å²) in [6, 6.07) is 5.16. The van der Waals surface area contributed by atoms with Crippen molar-refractivity contribution in [2.75, 3.05) is 4.90 Å². The van der Waals surface area contributed by atoms with Gasteiger partial charge in [-0.1, -0.05) is 23.2 Å². The number of thiophene rings is 1. The maximum Gasteiger partial charge on any atom is 0.339 e. The van der Waals surface area contributed by atoms with E-state index >= 15 is 0 Å². The van der Waals surface area contributed by atoms with Crippen molar-refractivity contribution in [2.45, 2.75) is 39.5 Å². The number of carbonyl (C=O) groups is 4. The van der Waals surface area contributed by atoms with E-state index in [1.54, 1.807) is 13.0 Å². The lowest BCUT2D eigenvalue weighted by atomic mass is 9.95. The first-order valence-corrected chi connectivity index (χ1v) is 13.1. The lowest BCUT2D eigenvalue weighted by Gasteiger charge is -2.26. The molecule has 3 aromatic rings. The van der Waals surface area contributed by atoms with E-state index < -0.39 is 23.8 Å². The second kappa shape index (κ2) is 9.48. The number of imide groups is 2. The first-order valence-electron chi connectivity index (χ1n) is 11.5. The van der Waals surface area contributed by atoms with E-state index in [1.807, 2.05) is 11.5 Å². The van der Waals surface area contributed by atoms with Gasteiger partial charge in [-0.15, -0.1) is 11.3 Å². The Morgan fingerprint density at radius 1 is 1.08 bits per heavy atom. The fourth-order valence-electron chi connectivity index (χ4n) is 4.85. The van der Waals surface area contributed by atoms with Crippen LogP contribution >= 0.6 is 34.5 Å². The van der Waals surface area contributed by atoms with Gasteiger partial charge in [-0.05, 0) is 81.0 Å². The van der Waals surface area contributed by atoms with Crippen molar-refractivity contribution < 1.29 is 24.3 Å². The number of aromatic carboxylic acids is 1. The van der Waals surface area contributed by atoms with Gasteiger partial charge in [0.05, 0.1) is 21.3 Å². The molecule has 1 fully saturated rings. The minimum Gasteiger partial charge on any atom is -0.478 e. The minimum atomic E-state index is -0.973. The molecule has 0 saturated carbocycles. The van der Waals surface area contributed by atoms with Crippen LogP contribution in [0.5, 0.6) is 0 Å². The third-order valence-corrected chi connectivity index (χ3v) is 8.62. The molecule has 1 aromatic carbocycles. The van der Waals surface area contributed by atoms with Crippen LogP contribution in [-0.2, 0) is 22.4 Å². The van der Waals surface area contributed by atoms with E-state index in [2.05, 4.69) is 5.32 Å². The number of amides is 4. The number of benzene rings is 1. The molecule has 1 aliphatic heterocycles. The predicted octanol–water partition coefficient (Wildman–Crippen LogP) is 5.71. The molecule has 0 radical (unpaired) electrons. The predicted molar refractivity (Wildman–Crippen MR) is 142 cm³/mol. The quantitative estimate of drug-likeness (QED) is 0.315. The molecule has 8 nitrogen and oxygen atoms in total. The van der Waals surface area contributed by atoms with Crippen LogP contribution in [0.1, 0.15) is 50.6 Å². The summed E-state index contributed by atoms with van der Waals surface area (Å²) >= 11 is 13.5. The average molecular weight is 558 g/mol. The second-order valence-electron chi connectivity index (χ2n) is 8.91. The molecule has 3 heterocycles. The zero-order valence-electron chi connectivity index (χ0n) is 19.9. The van der Waals surface area contributed by atoms with Crippen LogP contribution in [0.3, 0.4) is 0 Å². The molecule has 2 aliphatic rings. The Kier molecular flexibility index (Phi) is 6.47. The summed E-state index contributed by atoms with van der Waals surface area (Å²) in [6.45, 7) is 3.64. The zero-order valence-corrected chi connectivity index (χ0v) is 22.2. The number of rotatable bonds is 4. The van der Waals surface area contributed by atoms with Crippen molar-refractivity contribution >= 4 is 70.1 Å². The van der Waals surface area contributed by atoms with Crippen molar-refractivity contribution in [1.82, 2.24) is 9.88 Å². The Balaban J connectivity index is 1.59. The smallest absolute Gasteiger partial charge is 0.339 e. The number of halogens is 2. The van der Waals surface area contributed by atoms with Crippen LogP contribution in [0, 0.1) is 13.8 Å². The monoisotopic (exact) mass is 557 g/mol. The van der Waals surface area contributed by atoms with Crippen molar-refractivity contribution in [3.05, 3.63) is 72.8 Å². The van der Waals surface area contributed by atoms with E-state index in [1.165, 1.54) is 35.6 Å². The Bertz CT molecular complexity index is 1550. The molecule has 0 bridgehead atoms. The molecule has 0 spiro atoms. The van der Waals surface area contributed by atoms with Gasteiger partial charge in [0.25, 0.3) is 11.8 Å². The lowest BCUT2D eigenvalue weighted by Crippen LogP contribution is -2.54. The van der Waals surface area contributed by atoms with Gasteiger partial charge < -0.3 is 9.67 Å². The molecule has 2 aromatic heterocycles. The zero-order chi connectivity index (χ0) is 26.6. The Hall–Kier alpha value is -3.40. The first-order chi connectivity index (χ1) is 17.6. The Morgan fingerprint density at radius 2 is 1.81 bits per heavy atom. The third kappa shape index (κ3) is 4.27. The van der Waals surface area contributed by atoms with Crippen LogP contribution in [0.25, 0.3) is 11.1 Å². The largest absolute Gasteiger partial charge is 0.478 e. The highest BCUT2D eigenvalue weighted by Gasteiger charge is 2.37. The number of nitrogens with zero attached hydrogens (tertiary/aromatic N) is 2. The van der Waals surface area contributed by atoms with Gasteiger partial charge in [-0.2, -0.15) is 0 Å². The molecule has 37 heavy (non-hydrogen) atoms. The SMILES string of the molecule is Cc1cc(/C=C2\C(=O)NC(=O)N(c3ccc(Cl)c(Cl)c3)C2=O)c(C)n1-c1sc2c(c1C(=O)O)CCCC2. The van der Waals surface area contributed by atoms with Crippen LogP contribution < -0.4 is 10.2 Å². The van der Waals surface area contributed by atoms with Crippen LogP contribution in [0.15, 0.2) is 29.8 Å². The van der Waals surface area contributed by atoms with Crippen molar-refractivity contribution in [3.63, 3.8) is 0 Å². The van der Waals surface area contributed by atoms with E-state index in [4.69, 9.17) is 23.2 Å². The number of fused-ring (bicyclic) bond motifs is 1. The normalized spacial score (nSPS) is 16.8. The molecule has 0 unspecified atom stereocenters. The molecular weight excluding hydrogens is 537 g/mol. The summed E-state index contributed by atoms with van der Waals surface area (Å²) in [5.74, 6) is -2.61. The number of hydrogen-bond acceptors (Lipinski definition) is 5. The summed E-state index contributed by atoms with van der Waals surface area (Å²) in [5.41, 5.74) is 3.11. The molecule has 1 aliphatic carbocycles. The number of aryl methyl sites for hydroxylation is 2. The number of carboxylic acids is 1. The fraction of sp³-hybridized carbons (Fsp3) is 0.231. The van der Waals surface area contributed by atoms with Crippen molar-refractivity contribution in [1.29, 1.82) is 0 Å². The maximum atomic E-state index is 13.3. The highest BCUT2D eigenvalue weighted by atomic mass is 35.5. The fourth-order valence-corrected chi connectivity index (χ4v) is 6.63. The van der Waals surface area contributed by atoms with Crippen LogP contribution in [0.4, 0.5) is 10.5 Å². The standard InChI is InChI=1S/C26H21Cl2N3O5S/c1-12-9-14(13(2)30(12)24-21(25(34)35)16-5-3-4-6-20(16)37-24)10-17-22(32)29-26(36)31(23(17)33)15-7-8-18(27)19(28)11-15/h7-11H,3-6H2,1-2H3,(H,34,35)(H,29,32,36)/b17-10+. The summed E-state index contributed by atoms with van der Waals surface area (Å²) in [7, 11) is 0. The van der Waals surface area contributed by atoms with Crippen LogP contribution in [0.2, 0.25) is 10.0 Å². The maximum absolute atomic E-state index is 13.3. The number of carboxylic acid groups (broad SMARTS) is 1. The summed E-state index contributed by atoms with van der Waals surface area (Å²) < 4.78 is 1.85. The Labute approximate surface area is 226 Å². The number of barbiturate groups is 1. The molecule has 5 rings (SSSR count). The summed E-state index contributed by atoms with van der Waals surface area (Å²) in [5, 5.41) is 13.2. The van der Waals surface area contributed by atoms with Gasteiger partial charge in [-0.25, -0.2) is 14.5 Å². The van der Waals surface area contributed by atoms with Crippen molar-refractivity contribution in [2.24, 2.45) is 0 Å². The molecule has 4 amide bonds. The second-order valence-corrected chi connectivity index (χ2v) is 10.8. The van der Waals surface area contributed by atoms with E-state index in [0.717, 1.165) is 46.7 Å². The highest BCUT2D eigenvalue weighted by molar-refractivity contribution is 7.15. The number of urea groups is 1. The lowest BCUT2D eigenvalue weighted by molar-refractivity contribution is -0.122. The number of hydrogen-bond donors (Lipinski definition) is 2. The van der Waals surface area contributed by atoms with Crippen molar-refractivity contribution in [3.8, 4) is 5.00 Å². The van der Waals surface area contributed by atoms with Gasteiger partial charge in [-0.3, -0.25) is 14.9 Å². The van der Waals surface area contributed by atoms with E-state index in [0.29, 0.717) is 21.8 Å². The van der Waals surface area contributed by atoms with Gasteiger partial charge in [0.15, 0.2) is 0 Å². The van der Waals surface area contributed by atoms with Gasteiger partial charge in [0.1, 0.15) is 10.6 Å². The summed E-state index contributed by atoms with van der Waals surface area (Å²) in [4.78, 5) is 52.7. The van der Waals surface area contributed by atoms with Gasteiger partial charge >= 0.3 is 12.0 Å². The molecule has 11 heteroatoms. The molecule has 190 valence electrons. The average Bonchev–Trinajstić information content (AvgIpc) is 3.35. The highest BCUT2D eigenvalue weighted by Crippen LogP contribution is 2.39. The van der Waals surface area contributed by atoms with Gasteiger partial charge in [0, 0.05) is 16.3 Å². The number of aromatic nitrogens is 1. The Morgan fingerprint density at radius 3 is 2.51 bits per heavy atom. The molecule has 0 atom stereocenters. The topological polar surface area (TPSA) is 109 Å². The van der Waals surface area contributed by atoms with E-state index in [9.17, 15) is 24.3 Å². The van der Waals surface area contributed by atoms with Gasteiger partial charge in [0.2, 0.25) is 0 Å². The third-order valence-electron chi connectivity index (χ3n) is 6.60.